The average Bonchev–Trinajstić information content (AvgIpc) is 2.84. The molecule has 0 amide bonds. The van der Waals surface area contributed by atoms with Gasteiger partial charge in [-0.25, -0.2) is 8.42 Å². The van der Waals surface area contributed by atoms with Crippen LogP contribution in [0.25, 0.3) is 0 Å². The number of methoxy groups -OCH3 is 2. The Bertz CT molecular complexity index is 1240. The van der Waals surface area contributed by atoms with Crippen LogP contribution in [0.2, 0.25) is 0 Å². The van der Waals surface area contributed by atoms with Crippen LogP contribution in [0, 0.1) is 18.3 Å². The Kier molecular flexibility index (Phi) is 10.1. The number of benzene rings is 1. The van der Waals surface area contributed by atoms with Crippen molar-refractivity contribution in [3.05, 3.63) is 45.7 Å². The number of rotatable bonds is 12. The minimum Gasteiger partial charge on any atom is -0.493 e. The predicted octanol–water partition coefficient (Wildman–Crippen LogP) is 3.40. The molecule has 1 N–H and O–H groups in total. The van der Waals surface area contributed by atoms with Crippen LogP contribution in [0.4, 0.5) is 11.4 Å². The van der Waals surface area contributed by atoms with Crippen molar-refractivity contribution >= 4 is 21.4 Å². The molecule has 0 aliphatic rings. The van der Waals surface area contributed by atoms with E-state index in [2.05, 4.69) is 10.2 Å². The lowest BCUT2D eigenvalue weighted by Gasteiger charge is -2.21. The summed E-state index contributed by atoms with van der Waals surface area (Å²) in [5.41, 5.74) is -0.168. The molecular formula is C23H31N5O6S. The first-order valence-corrected chi connectivity index (χ1v) is 12.5. The van der Waals surface area contributed by atoms with Gasteiger partial charge in [-0.2, -0.15) is 14.7 Å². The van der Waals surface area contributed by atoms with Gasteiger partial charge in [0, 0.05) is 38.9 Å². The van der Waals surface area contributed by atoms with E-state index in [1.165, 1.54) is 49.7 Å². The largest absolute Gasteiger partial charge is 0.493 e. The lowest BCUT2D eigenvalue weighted by atomic mass is 10.1. The number of pyridine rings is 1. The molecule has 1 atom stereocenters. The fourth-order valence-corrected chi connectivity index (χ4v) is 4.71. The molecule has 0 aliphatic carbocycles. The van der Waals surface area contributed by atoms with Crippen molar-refractivity contribution in [1.29, 1.82) is 5.26 Å². The van der Waals surface area contributed by atoms with Crippen LogP contribution in [-0.4, -0.2) is 62.9 Å². The summed E-state index contributed by atoms with van der Waals surface area (Å²) in [5, 5.41) is 28.3. The highest BCUT2D eigenvalue weighted by Gasteiger charge is 2.24. The second kappa shape index (κ2) is 12.6. The van der Waals surface area contributed by atoms with Crippen LogP contribution in [-0.2, 0) is 19.5 Å². The van der Waals surface area contributed by atoms with Crippen molar-refractivity contribution in [2.75, 3.05) is 40.5 Å². The van der Waals surface area contributed by atoms with E-state index in [1.807, 2.05) is 13.0 Å². The normalized spacial score (nSPS) is 12.8. The smallest absolute Gasteiger partial charge is 0.271 e. The second-order valence-corrected chi connectivity index (χ2v) is 9.74. The number of sulfonamides is 1. The lowest BCUT2D eigenvalue weighted by molar-refractivity contribution is 0.150. The van der Waals surface area contributed by atoms with Crippen LogP contribution in [0.15, 0.2) is 44.2 Å². The molecule has 35 heavy (non-hydrogen) atoms. The minimum atomic E-state index is -3.79. The third-order valence-corrected chi connectivity index (χ3v) is 7.49. The van der Waals surface area contributed by atoms with Crippen LogP contribution in [0.5, 0.6) is 5.88 Å². The van der Waals surface area contributed by atoms with Crippen molar-refractivity contribution in [2.45, 2.75) is 38.1 Å². The Morgan fingerprint density at radius 3 is 2.20 bits per heavy atom. The summed E-state index contributed by atoms with van der Waals surface area (Å²) in [6, 6.07) is 7.29. The molecule has 0 saturated carbocycles. The summed E-state index contributed by atoms with van der Waals surface area (Å²) in [5.74, 6) is -0.379. The standard InChI is InChI=1S/C23H31N5O6S/c1-6-16(2)28-22(29)20(15-24)17(3)21(23(28)30)26-25-18-7-9-19(10-8-18)35(31,32)27(11-13-33-4)12-14-34-5/h7-10,16,30H,6,11-14H2,1-5H3/b26-25+. The highest BCUT2D eigenvalue weighted by Crippen LogP contribution is 2.34. The van der Waals surface area contributed by atoms with Crippen molar-refractivity contribution in [3.8, 4) is 11.9 Å². The van der Waals surface area contributed by atoms with Gasteiger partial charge in [-0.1, -0.05) is 6.92 Å². The van der Waals surface area contributed by atoms with Gasteiger partial charge in [0.1, 0.15) is 11.6 Å². The fourth-order valence-electron chi connectivity index (χ4n) is 3.30. The molecule has 0 fully saturated rings. The molecule has 0 spiro atoms. The summed E-state index contributed by atoms with van der Waals surface area (Å²) in [6.07, 6.45) is 0.555. The van der Waals surface area contributed by atoms with Gasteiger partial charge in [0.15, 0.2) is 5.69 Å². The second-order valence-electron chi connectivity index (χ2n) is 7.80. The number of aromatic nitrogens is 1. The third-order valence-electron chi connectivity index (χ3n) is 5.58. The first kappa shape index (κ1) is 28.1. The van der Waals surface area contributed by atoms with Gasteiger partial charge in [0.25, 0.3) is 5.56 Å². The summed E-state index contributed by atoms with van der Waals surface area (Å²) in [6.45, 7) is 5.94. The molecule has 12 heteroatoms. The molecule has 0 bridgehead atoms. The molecule has 0 radical (unpaired) electrons. The van der Waals surface area contributed by atoms with Crippen LogP contribution < -0.4 is 5.56 Å². The van der Waals surface area contributed by atoms with Crippen LogP contribution in [0.1, 0.15) is 37.4 Å². The Balaban J connectivity index is 2.41. The van der Waals surface area contributed by atoms with Crippen LogP contribution in [0.3, 0.4) is 0 Å². The number of aromatic hydroxyl groups is 1. The molecule has 2 aromatic rings. The van der Waals surface area contributed by atoms with E-state index in [0.29, 0.717) is 12.1 Å². The first-order chi connectivity index (χ1) is 16.6. The Labute approximate surface area is 205 Å². The molecule has 11 nitrogen and oxygen atoms in total. The number of azo groups is 1. The Morgan fingerprint density at radius 1 is 1.14 bits per heavy atom. The first-order valence-electron chi connectivity index (χ1n) is 11.0. The number of hydrogen-bond acceptors (Lipinski definition) is 9. The molecule has 2 rings (SSSR count). The fraction of sp³-hybridized carbons (Fsp3) is 0.478. The van der Waals surface area contributed by atoms with Gasteiger partial charge >= 0.3 is 0 Å². The van der Waals surface area contributed by atoms with E-state index < -0.39 is 15.6 Å². The monoisotopic (exact) mass is 505 g/mol. The molecule has 190 valence electrons. The topological polar surface area (TPSA) is 147 Å². The van der Waals surface area contributed by atoms with Gasteiger partial charge in [0.2, 0.25) is 15.9 Å². The Morgan fingerprint density at radius 2 is 1.71 bits per heavy atom. The average molecular weight is 506 g/mol. The van der Waals surface area contributed by atoms with Crippen LogP contribution >= 0.6 is 0 Å². The molecule has 1 aromatic carbocycles. The van der Waals surface area contributed by atoms with E-state index in [-0.39, 0.29) is 59.9 Å². The SMILES string of the molecule is CCC(C)n1c(O)c(/N=N/c2ccc(S(=O)(=O)N(CCOC)CCOC)cc2)c(C)c(C#N)c1=O. The zero-order chi connectivity index (χ0) is 26.2. The van der Waals surface area contributed by atoms with Gasteiger partial charge in [0.05, 0.1) is 23.8 Å². The number of hydrogen-bond donors (Lipinski definition) is 1. The quantitative estimate of drug-likeness (QED) is 0.435. The van der Waals surface area contributed by atoms with E-state index in [1.54, 1.807) is 6.92 Å². The summed E-state index contributed by atoms with van der Waals surface area (Å²) in [4.78, 5) is 12.7. The number of ether oxygens (including phenoxy) is 2. The predicted molar refractivity (Wildman–Crippen MR) is 130 cm³/mol. The maximum absolute atomic E-state index is 13.0. The summed E-state index contributed by atoms with van der Waals surface area (Å²) < 4.78 is 38.5. The van der Waals surface area contributed by atoms with Gasteiger partial charge < -0.3 is 14.6 Å². The maximum atomic E-state index is 13.0. The summed E-state index contributed by atoms with van der Waals surface area (Å²) in [7, 11) is -0.798. The van der Waals surface area contributed by atoms with Gasteiger partial charge in [-0.05, 0) is 44.5 Å². The zero-order valence-corrected chi connectivity index (χ0v) is 21.4. The van der Waals surface area contributed by atoms with Gasteiger partial charge in [-0.3, -0.25) is 9.36 Å². The van der Waals surface area contributed by atoms with Crippen molar-refractivity contribution in [2.24, 2.45) is 10.2 Å². The van der Waals surface area contributed by atoms with Crippen molar-refractivity contribution in [3.63, 3.8) is 0 Å². The van der Waals surface area contributed by atoms with E-state index in [0.717, 1.165) is 4.57 Å². The lowest BCUT2D eigenvalue weighted by Crippen LogP contribution is -2.36. The number of nitriles is 1. The molecular weight excluding hydrogens is 474 g/mol. The molecule has 1 heterocycles. The molecule has 0 saturated heterocycles. The van der Waals surface area contributed by atoms with E-state index in [4.69, 9.17) is 9.47 Å². The minimum absolute atomic E-state index is 0.00320. The molecule has 0 aliphatic heterocycles. The van der Waals surface area contributed by atoms with E-state index in [9.17, 15) is 23.6 Å². The highest BCUT2D eigenvalue weighted by atomic mass is 32.2. The molecule has 1 aromatic heterocycles. The van der Waals surface area contributed by atoms with E-state index >= 15 is 0 Å². The Hall–Kier alpha value is -3.11. The highest BCUT2D eigenvalue weighted by molar-refractivity contribution is 7.89. The number of nitrogens with zero attached hydrogens (tertiary/aromatic N) is 5. The zero-order valence-electron chi connectivity index (χ0n) is 20.6. The summed E-state index contributed by atoms with van der Waals surface area (Å²) >= 11 is 0. The third kappa shape index (κ3) is 6.32. The van der Waals surface area contributed by atoms with Gasteiger partial charge in [-0.15, -0.1) is 5.11 Å². The maximum Gasteiger partial charge on any atom is 0.271 e. The van der Waals surface area contributed by atoms with Crippen molar-refractivity contribution < 1.29 is 23.0 Å². The van der Waals surface area contributed by atoms with Crippen molar-refractivity contribution in [1.82, 2.24) is 8.87 Å². The molecule has 1 unspecified atom stereocenters.